The minimum Gasteiger partial charge on any atom is -0.454 e. The van der Waals surface area contributed by atoms with E-state index in [1.54, 1.807) is 19.1 Å². The largest absolute Gasteiger partial charge is 0.454 e. The molecule has 1 aliphatic heterocycles. The molecule has 0 N–H and O–H groups in total. The van der Waals surface area contributed by atoms with Crippen LogP contribution in [0.2, 0.25) is 0 Å². The molecule has 0 bridgehead atoms. The fourth-order valence-electron chi connectivity index (χ4n) is 2.88. The number of cyclic esters (lactones) is 1. The van der Waals surface area contributed by atoms with Crippen LogP contribution in [0.4, 0.5) is 4.39 Å². The van der Waals surface area contributed by atoms with Gasteiger partial charge in [0.05, 0.1) is 10.5 Å². The van der Waals surface area contributed by atoms with Gasteiger partial charge in [0.1, 0.15) is 11.9 Å². The zero-order valence-corrected chi connectivity index (χ0v) is 14.9. The van der Waals surface area contributed by atoms with Gasteiger partial charge in [-0.2, -0.15) is 0 Å². The summed E-state index contributed by atoms with van der Waals surface area (Å²) in [5.41, 5.74) is 2.57. The van der Waals surface area contributed by atoms with Crippen molar-refractivity contribution in [1.29, 1.82) is 0 Å². The van der Waals surface area contributed by atoms with Gasteiger partial charge in [0.25, 0.3) is 0 Å². The first kappa shape index (κ1) is 17.4. The molecule has 6 heteroatoms. The number of hydrogen-bond donors (Lipinski definition) is 0. The third kappa shape index (κ3) is 3.22. The predicted molar refractivity (Wildman–Crippen MR) is 93.1 cm³/mol. The summed E-state index contributed by atoms with van der Waals surface area (Å²) in [5.74, 6) is -1.22. The van der Waals surface area contributed by atoms with E-state index in [0.717, 1.165) is 17.9 Å². The molecule has 2 aromatic carbocycles. The minimum atomic E-state index is -3.51. The first-order valence-corrected chi connectivity index (χ1v) is 9.60. The molecule has 0 aliphatic carbocycles. The number of rotatable bonds is 3. The molecule has 0 saturated heterocycles. The Bertz CT molecular complexity index is 989. The Kier molecular flexibility index (Phi) is 4.24. The van der Waals surface area contributed by atoms with E-state index in [0.29, 0.717) is 16.7 Å². The van der Waals surface area contributed by atoms with Crippen molar-refractivity contribution < 1.29 is 22.3 Å². The van der Waals surface area contributed by atoms with E-state index in [4.69, 9.17) is 4.74 Å². The summed E-state index contributed by atoms with van der Waals surface area (Å²) in [6.07, 6.45) is 0.394. The molecule has 0 spiro atoms. The second kappa shape index (κ2) is 6.11. The summed E-state index contributed by atoms with van der Waals surface area (Å²) in [7, 11) is -3.51. The first-order chi connectivity index (χ1) is 11.7. The molecule has 0 aromatic heterocycles. The lowest BCUT2D eigenvalue weighted by atomic mass is 9.93. The summed E-state index contributed by atoms with van der Waals surface area (Å²) >= 11 is 0. The molecule has 0 amide bonds. The Hall–Kier alpha value is -2.47. The highest BCUT2D eigenvalue weighted by Gasteiger charge is 2.34. The number of sulfone groups is 1. The van der Waals surface area contributed by atoms with Crippen LogP contribution >= 0.6 is 0 Å². The van der Waals surface area contributed by atoms with E-state index < -0.39 is 27.7 Å². The number of carbonyl (C=O) groups is 1. The Labute approximate surface area is 145 Å². The maximum atomic E-state index is 14.6. The zero-order valence-electron chi connectivity index (χ0n) is 14.0. The van der Waals surface area contributed by atoms with Crippen LogP contribution in [-0.4, -0.2) is 26.7 Å². The van der Waals surface area contributed by atoms with Gasteiger partial charge in [-0.05, 0) is 31.5 Å². The highest BCUT2D eigenvalue weighted by Crippen LogP contribution is 2.38. The van der Waals surface area contributed by atoms with Crippen LogP contribution in [0.5, 0.6) is 0 Å². The molecule has 3 rings (SSSR count). The van der Waals surface area contributed by atoms with Gasteiger partial charge in [-0.25, -0.2) is 17.6 Å². The van der Waals surface area contributed by atoms with Gasteiger partial charge in [0.15, 0.2) is 9.84 Å². The normalized spacial score (nSPS) is 17.8. The molecule has 130 valence electrons. The second-order valence-corrected chi connectivity index (χ2v) is 8.13. The third-order valence-corrected chi connectivity index (χ3v) is 5.27. The quantitative estimate of drug-likeness (QED) is 0.787. The fourth-order valence-corrected chi connectivity index (χ4v) is 3.52. The molecule has 25 heavy (non-hydrogen) atoms. The van der Waals surface area contributed by atoms with Crippen LogP contribution in [-0.2, 0) is 19.4 Å². The molecule has 1 heterocycles. The Morgan fingerprint density at radius 2 is 1.72 bits per heavy atom. The molecule has 0 saturated carbocycles. The van der Waals surface area contributed by atoms with Crippen LogP contribution in [0.3, 0.4) is 0 Å². The number of benzene rings is 2. The van der Waals surface area contributed by atoms with Crippen molar-refractivity contribution in [2.75, 3.05) is 6.26 Å². The molecular weight excluding hydrogens is 343 g/mol. The molecule has 1 aliphatic rings. The zero-order chi connectivity index (χ0) is 18.4. The van der Waals surface area contributed by atoms with Gasteiger partial charge >= 0.3 is 5.97 Å². The highest BCUT2D eigenvalue weighted by molar-refractivity contribution is 7.90. The minimum absolute atomic E-state index is 0.107. The summed E-state index contributed by atoms with van der Waals surface area (Å²) in [4.78, 5) is 12.2. The maximum Gasteiger partial charge on any atom is 0.339 e. The smallest absolute Gasteiger partial charge is 0.339 e. The van der Waals surface area contributed by atoms with Crippen LogP contribution in [0, 0.1) is 12.7 Å². The molecular formula is C19H17FO4S. The number of esters is 1. The van der Waals surface area contributed by atoms with Gasteiger partial charge in [-0.3, -0.25) is 0 Å². The van der Waals surface area contributed by atoms with Gasteiger partial charge in [0, 0.05) is 17.4 Å². The second-order valence-electron chi connectivity index (χ2n) is 6.12. The maximum absolute atomic E-state index is 14.6. The predicted octanol–water partition coefficient (Wildman–Crippen LogP) is 3.39. The van der Waals surface area contributed by atoms with Crippen molar-refractivity contribution in [3.8, 4) is 0 Å². The van der Waals surface area contributed by atoms with Crippen molar-refractivity contribution >= 4 is 27.0 Å². The summed E-state index contributed by atoms with van der Waals surface area (Å²) in [6.45, 7) is 3.59. The van der Waals surface area contributed by atoms with E-state index in [1.165, 1.54) is 12.1 Å². The number of ether oxygens (including phenoxy) is 1. The summed E-state index contributed by atoms with van der Waals surface area (Å²) in [6, 6.07) is 11.0. The van der Waals surface area contributed by atoms with E-state index in [9.17, 15) is 17.6 Å². The lowest BCUT2D eigenvalue weighted by Gasteiger charge is -2.11. The SMILES string of the molecule is Cc1ccc(C2=C(c3ccc(S(C)(=O)=O)cc3F)C(C)OC2=O)cc1. The Morgan fingerprint density at radius 3 is 2.28 bits per heavy atom. The average molecular weight is 360 g/mol. The lowest BCUT2D eigenvalue weighted by Crippen LogP contribution is -2.07. The molecule has 0 fully saturated rings. The van der Waals surface area contributed by atoms with Crippen LogP contribution in [0.1, 0.15) is 23.6 Å². The van der Waals surface area contributed by atoms with Gasteiger partial charge in [0.2, 0.25) is 0 Å². The number of hydrogen-bond acceptors (Lipinski definition) is 4. The fraction of sp³-hybridized carbons (Fsp3) is 0.211. The highest BCUT2D eigenvalue weighted by atomic mass is 32.2. The first-order valence-electron chi connectivity index (χ1n) is 7.70. The Morgan fingerprint density at radius 1 is 1.08 bits per heavy atom. The van der Waals surface area contributed by atoms with E-state index >= 15 is 0 Å². The summed E-state index contributed by atoms with van der Waals surface area (Å²) < 4.78 is 43.1. The number of aryl methyl sites for hydroxylation is 1. The third-order valence-electron chi connectivity index (χ3n) is 4.16. The average Bonchev–Trinajstić information content (AvgIpc) is 2.81. The van der Waals surface area contributed by atoms with Crippen molar-refractivity contribution in [3.63, 3.8) is 0 Å². The van der Waals surface area contributed by atoms with Crippen molar-refractivity contribution in [2.45, 2.75) is 24.8 Å². The lowest BCUT2D eigenvalue weighted by molar-refractivity contribution is -0.136. The van der Waals surface area contributed by atoms with Gasteiger partial charge in [-0.1, -0.05) is 35.9 Å². The standard InChI is InChI=1S/C19H17FO4S/c1-11-4-6-13(7-5-11)18-17(12(2)24-19(18)21)15-9-8-14(10-16(15)20)25(3,22)23/h4-10,12H,1-3H3. The topological polar surface area (TPSA) is 60.4 Å². The van der Waals surface area contributed by atoms with Crippen molar-refractivity contribution in [2.24, 2.45) is 0 Å². The van der Waals surface area contributed by atoms with E-state index in [1.807, 2.05) is 19.1 Å². The van der Waals surface area contributed by atoms with Gasteiger partial charge < -0.3 is 4.74 Å². The van der Waals surface area contributed by atoms with E-state index in [2.05, 4.69) is 0 Å². The van der Waals surface area contributed by atoms with Gasteiger partial charge in [-0.15, -0.1) is 0 Å². The van der Waals surface area contributed by atoms with Crippen LogP contribution in [0.15, 0.2) is 47.4 Å². The molecule has 1 atom stereocenters. The monoisotopic (exact) mass is 360 g/mol. The van der Waals surface area contributed by atoms with Crippen LogP contribution < -0.4 is 0 Å². The van der Waals surface area contributed by atoms with Crippen molar-refractivity contribution in [3.05, 3.63) is 65.0 Å². The van der Waals surface area contributed by atoms with Crippen molar-refractivity contribution in [1.82, 2.24) is 0 Å². The van der Waals surface area contributed by atoms with Crippen LogP contribution in [0.25, 0.3) is 11.1 Å². The molecule has 0 radical (unpaired) electrons. The van der Waals surface area contributed by atoms with E-state index in [-0.39, 0.29) is 10.5 Å². The number of halogens is 1. The molecule has 2 aromatic rings. The number of carbonyl (C=O) groups excluding carboxylic acids is 1. The summed E-state index contributed by atoms with van der Waals surface area (Å²) in [5, 5.41) is 0. The Balaban J connectivity index is 2.21. The molecule has 4 nitrogen and oxygen atoms in total. The molecule has 1 unspecified atom stereocenters.